The Morgan fingerprint density at radius 1 is 0.800 bits per heavy atom. The molecule has 5 rings (SSSR count). The summed E-state index contributed by atoms with van der Waals surface area (Å²) in [6.45, 7) is 1.92. The highest BCUT2D eigenvalue weighted by Gasteiger charge is 2.21. The van der Waals surface area contributed by atoms with E-state index < -0.39 is 17.1 Å². The van der Waals surface area contributed by atoms with Gasteiger partial charge in [0.2, 0.25) is 5.91 Å². The fraction of sp³-hybridized carbons (Fsp3) is 0.0833. The zero-order valence-electron chi connectivity index (χ0n) is 24.2. The molecule has 0 saturated carbocycles. The Morgan fingerprint density at radius 3 is 2.31 bits per heavy atom. The van der Waals surface area contributed by atoms with Crippen LogP contribution >= 0.6 is 35.0 Å². The molecule has 6 nitrogen and oxygen atoms in total. The number of benzene rings is 5. The number of thioether (sulfide) groups is 1. The van der Waals surface area contributed by atoms with Crippen molar-refractivity contribution in [1.82, 2.24) is 5.32 Å². The molecule has 0 aliphatic carbocycles. The molecule has 0 heterocycles. The maximum atomic E-state index is 13.7. The second-order valence-corrected chi connectivity index (χ2v) is 12.1. The molecule has 0 aromatic heterocycles. The van der Waals surface area contributed by atoms with Crippen molar-refractivity contribution in [1.29, 1.82) is 0 Å². The van der Waals surface area contributed by atoms with Gasteiger partial charge < -0.3 is 16.0 Å². The monoisotopic (exact) mass is 653 g/mol. The molecule has 1 atom stereocenters. The van der Waals surface area contributed by atoms with Crippen LogP contribution in [0.3, 0.4) is 0 Å². The zero-order valence-corrected chi connectivity index (χ0v) is 26.5. The van der Waals surface area contributed by atoms with Gasteiger partial charge in [0.05, 0.1) is 21.0 Å². The molecule has 226 valence electrons. The van der Waals surface area contributed by atoms with Gasteiger partial charge in [-0.2, -0.15) is 0 Å². The topological polar surface area (TPSA) is 87.3 Å². The highest BCUT2D eigenvalue weighted by Crippen LogP contribution is 2.32. The van der Waals surface area contributed by atoms with Gasteiger partial charge in [-0.15, -0.1) is 11.8 Å². The van der Waals surface area contributed by atoms with Crippen molar-refractivity contribution >= 4 is 80.9 Å². The average molecular weight is 655 g/mol. The molecule has 45 heavy (non-hydrogen) atoms. The predicted molar refractivity (Wildman–Crippen MR) is 186 cm³/mol. The number of rotatable bonds is 10. The first kappa shape index (κ1) is 31.9. The molecule has 0 fully saturated rings. The number of amides is 3. The number of hydrogen-bond donors (Lipinski definition) is 3. The van der Waals surface area contributed by atoms with Gasteiger partial charge >= 0.3 is 0 Å². The maximum absolute atomic E-state index is 13.7. The van der Waals surface area contributed by atoms with E-state index in [0.29, 0.717) is 28.4 Å². The summed E-state index contributed by atoms with van der Waals surface area (Å²) in [4.78, 5) is 40.7. The number of halogens is 2. The normalized spacial score (nSPS) is 11.9. The lowest BCUT2D eigenvalue weighted by Crippen LogP contribution is -2.30. The van der Waals surface area contributed by atoms with Crippen LogP contribution in [0.5, 0.6) is 0 Å². The zero-order chi connectivity index (χ0) is 31.8. The molecule has 0 bridgehead atoms. The smallest absolute Gasteiger partial charge is 0.272 e. The van der Waals surface area contributed by atoms with Crippen LogP contribution in [0.1, 0.15) is 29.3 Å². The van der Waals surface area contributed by atoms with Crippen molar-refractivity contribution in [2.75, 3.05) is 10.6 Å². The molecule has 0 aliphatic rings. The van der Waals surface area contributed by atoms with Crippen molar-refractivity contribution in [2.45, 2.75) is 23.5 Å². The van der Waals surface area contributed by atoms with Crippen molar-refractivity contribution in [3.8, 4) is 0 Å². The standard InChI is InChI=1S/C36H29Cl2N3O3S/c1-2-32(36(44)40-30-20-10-19-29(37)33(30)38)45-27-17-9-16-26(22-27)39-35(43)31(41-34(42)24-12-4-3-5-13-24)21-25-15-8-14-23-11-6-7-18-28(23)25/h3-22,32H,2H2,1H3,(H,39,43)(H,40,44)(H,41,42)/b31-21+. The average Bonchev–Trinajstić information content (AvgIpc) is 3.06. The molecule has 0 spiro atoms. The molecule has 3 amide bonds. The summed E-state index contributed by atoms with van der Waals surface area (Å²) in [5, 5.41) is 10.7. The summed E-state index contributed by atoms with van der Waals surface area (Å²) < 4.78 is 0. The summed E-state index contributed by atoms with van der Waals surface area (Å²) in [6, 6.07) is 34.6. The third-order valence-electron chi connectivity index (χ3n) is 6.89. The quantitative estimate of drug-likeness (QED) is 0.104. The molecule has 0 radical (unpaired) electrons. The molecule has 1 unspecified atom stereocenters. The Labute approximate surface area is 275 Å². The van der Waals surface area contributed by atoms with Gasteiger partial charge in [0, 0.05) is 16.1 Å². The van der Waals surface area contributed by atoms with E-state index in [9.17, 15) is 14.4 Å². The van der Waals surface area contributed by atoms with Crippen molar-refractivity contribution in [3.05, 3.63) is 142 Å². The first-order chi connectivity index (χ1) is 21.8. The van der Waals surface area contributed by atoms with Crippen LogP contribution in [0.15, 0.2) is 126 Å². The lowest BCUT2D eigenvalue weighted by Gasteiger charge is -2.17. The predicted octanol–water partition coefficient (Wildman–Crippen LogP) is 9.07. The van der Waals surface area contributed by atoms with Gasteiger partial charge in [0.1, 0.15) is 5.70 Å². The molecule has 5 aromatic rings. The summed E-state index contributed by atoms with van der Waals surface area (Å²) in [5.74, 6) is -1.11. The fourth-order valence-corrected chi connectivity index (χ4v) is 5.98. The lowest BCUT2D eigenvalue weighted by atomic mass is 10.0. The first-order valence-corrected chi connectivity index (χ1v) is 15.8. The second kappa shape index (κ2) is 14.9. The second-order valence-electron chi connectivity index (χ2n) is 10.0. The highest BCUT2D eigenvalue weighted by atomic mass is 35.5. The van der Waals surface area contributed by atoms with Crippen molar-refractivity contribution < 1.29 is 14.4 Å². The first-order valence-electron chi connectivity index (χ1n) is 14.2. The number of hydrogen-bond acceptors (Lipinski definition) is 4. The van der Waals surface area contributed by atoms with Crippen LogP contribution in [-0.4, -0.2) is 23.0 Å². The van der Waals surface area contributed by atoms with E-state index in [1.54, 1.807) is 66.7 Å². The Hall–Kier alpha value is -4.56. The van der Waals surface area contributed by atoms with Crippen LogP contribution in [-0.2, 0) is 9.59 Å². The van der Waals surface area contributed by atoms with E-state index in [-0.39, 0.29) is 16.6 Å². The van der Waals surface area contributed by atoms with E-state index in [1.165, 1.54) is 11.8 Å². The molecule has 9 heteroatoms. The minimum absolute atomic E-state index is 0.0856. The highest BCUT2D eigenvalue weighted by molar-refractivity contribution is 8.00. The molecular formula is C36H29Cl2N3O3S. The summed E-state index contributed by atoms with van der Waals surface area (Å²) in [6.07, 6.45) is 2.23. The Balaban J connectivity index is 1.37. The van der Waals surface area contributed by atoms with Crippen LogP contribution in [0.25, 0.3) is 16.8 Å². The number of carbonyl (C=O) groups excluding carboxylic acids is 3. The Morgan fingerprint density at radius 2 is 1.51 bits per heavy atom. The molecular weight excluding hydrogens is 625 g/mol. The minimum Gasteiger partial charge on any atom is -0.324 e. The largest absolute Gasteiger partial charge is 0.324 e. The van der Waals surface area contributed by atoms with Gasteiger partial charge in [-0.1, -0.05) is 103 Å². The molecule has 0 saturated heterocycles. The minimum atomic E-state index is -0.491. The van der Waals surface area contributed by atoms with E-state index in [2.05, 4.69) is 16.0 Å². The van der Waals surface area contributed by atoms with Crippen LogP contribution in [0, 0.1) is 0 Å². The molecule has 3 N–H and O–H groups in total. The van der Waals surface area contributed by atoms with E-state index in [4.69, 9.17) is 23.2 Å². The maximum Gasteiger partial charge on any atom is 0.272 e. The van der Waals surface area contributed by atoms with Gasteiger partial charge in [-0.25, -0.2) is 0 Å². The van der Waals surface area contributed by atoms with Gasteiger partial charge in [-0.3, -0.25) is 14.4 Å². The summed E-state index contributed by atoms with van der Waals surface area (Å²) in [7, 11) is 0. The number of anilines is 2. The van der Waals surface area contributed by atoms with Crippen LogP contribution < -0.4 is 16.0 Å². The third-order valence-corrected chi connectivity index (χ3v) is 9.07. The number of fused-ring (bicyclic) bond motifs is 1. The molecule has 5 aromatic carbocycles. The van der Waals surface area contributed by atoms with Crippen molar-refractivity contribution in [3.63, 3.8) is 0 Å². The van der Waals surface area contributed by atoms with E-state index in [0.717, 1.165) is 21.2 Å². The van der Waals surface area contributed by atoms with Gasteiger partial charge in [0.15, 0.2) is 0 Å². The van der Waals surface area contributed by atoms with E-state index in [1.807, 2.05) is 61.5 Å². The molecule has 0 aliphatic heterocycles. The van der Waals surface area contributed by atoms with E-state index >= 15 is 0 Å². The number of nitrogens with one attached hydrogen (secondary N) is 3. The van der Waals surface area contributed by atoms with Gasteiger partial charge in [-0.05, 0) is 71.3 Å². The lowest BCUT2D eigenvalue weighted by molar-refractivity contribution is -0.116. The third kappa shape index (κ3) is 8.13. The summed E-state index contributed by atoms with van der Waals surface area (Å²) in [5.41, 5.74) is 2.25. The SMILES string of the molecule is CCC(Sc1cccc(NC(=O)/C(=C\c2cccc3ccccc23)NC(=O)c2ccccc2)c1)C(=O)Nc1cccc(Cl)c1Cl. The van der Waals surface area contributed by atoms with Gasteiger partial charge in [0.25, 0.3) is 11.8 Å². The van der Waals surface area contributed by atoms with Crippen LogP contribution in [0.2, 0.25) is 10.0 Å². The number of carbonyl (C=O) groups is 3. The Kier molecular flexibility index (Phi) is 10.6. The Bertz CT molecular complexity index is 1890. The van der Waals surface area contributed by atoms with Crippen LogP contribution in [0.4, 0.5) is 11.4 Å². The fourth-order valence-electron chi connectivity index (χ4n) is 4.62. The summed E-state index contributed by atoms with van der Waals surface area (Å²) >= 11 is 13.7. The van der Waals surface area contributed by atoms with Crippen molar-refractivity contribution in [2.24, 2.45) is 0 Å².